The first-order valence-electron chi connectivity index (χ1n) is 9.11. The van der Waals surface area contributed by atoms with E-state index >= 15 is 0 Å². The molecular weight excluding hydrogens is 361 g/mol. The largest absolute Gasteiger partial charge is 0.491 e. The zero-order chi connectivity index (χ0) is 17.0. The average molecular weight is 392 g/mol. The molecule has 0 aliphatic heterocycles. The predicted molar refractivity (Wildman–Crippen MR) is 105 cm³/mol. The minimum atomic E-state index is -0.467. The molecule has 25 heavy (non-hydrogen) atoms. The fraction of sp³-hybridized carbons (Fsp3) is 0.684. The Morgan fingerprint density at radius 3 is 2.36 bits per heavy atom. The molecule has 1 atom stereocenters. The van der Waals surface area contributed by atoms with Crippen molar-refractivity contribution in [1.29, 1.82) is 0 Å². The second-order valence-corrected chi connectivity index (χ2v) is 6.92. The Morgan fingerprint density at radius 1 is 1.04 bits per heavy atom. The van der Waals surface area contributed by atoms with Crippen LogP contribution in [0, 0.1) is 0 Å². The van der Waals surface area contributed by atoms with Gasteiger partial charge >= 0.3 is 0 Å². The second-order valence-electron chi connectivity index (χ2n) is 6.48. The third-order valence-electron chi connectivity index (χ3n) is 4.37. The number of halogens is 2. The van der Waals surface area contributed by atoms with Crippen molar-refractivity contribution in [1.82, 2.24) is 5.32 Å². The Bertz CT molecular complexity index is 437. The Morgan fingerprint density at radius 2 is 1.68 bits per heavy atom. The fourth-order valence-electron chi connectivity index (χ4n) is 2.99. The molecule has 1 aromatic rings. The number of hydrogen-bond donors (Lipinski definition) is 2. The molecule has 0 unspecified atom stereocenters. The van der Waals surface area contributed by atoms with E-state index in [-0.39, 0.29) is 12.4 Å². The van der Waals surface area contributed by atoms with Gasteiger partial charge in [0.15, 0.2) is 0 Å². The standard InChI is InChI=1S/C19H30ClNO3.ClH/c20-16-8-10-19(11-9-16)24-13-12-23-15-18(22)14-21-17-6-4-2-1-3-5-7-17;/h8-11,17-18,21-22H,1-7,12-15H2;1H/t18-;/m1./s1. The Hall–Kier alpha value is -0.520. The molecule has 1 saturated carbocycles. The zero-order valence-corrected chi connectivity index (χ0v) is 16.4. The van der Waals surface area contributed by atoms with E-state index in [0.29, 0.717) is 37.4 Å². The number of ether oxygens (including phenoxy) is 2. The lowest BCUT2D eigenvalue weighted by Crippen LogP contribution is -2.38. The molecule has 4 nitrogen and oxygen atoms in total. The van der Waals surface area contributed by atoms with Crippen molar-refractivity contribution in [3.05, 3.63) is 29.3 Å². The first-order chi connectivity index (χ1) is 11.7. The summed E-state index contributed by atoms with van der Waals surface area (Å²) in [6.07, 6.45) is 8.64. The topological polar surface area (TPSA) is 50.7 Å². The van der Waals surface area contributed by atoms with Crippen molar-refractivity contribution in [2.24, 2.45) is 0 Å². The van der Waals surface area contributed by atoms with Crippen LogP contribution in [-0.4, -0.2) is 43.6 Å². The summed E-state index contributed by atoms with van der Waals surface area (Å²) in [5.74, 6) is 0.773. The van der Waals surface area contributed by atoms with Crippen molar-refractivity contribution in [2.45, 2.75) is 57.1 Å². The van der Waals surface area contributed by atoms with E-state index in [1.165, 1.54) is 44.9 Å². The molecule has 0 amide bonds. The quantitative estimate of drug-likeness (QED) is 0.618. The van der Waals surface area contributed by atoms with Gasteiger partial charge in [-0.1, -0.05) is 43.7 Å². The molecular formula is C19H31Cl2NO3. The summed E-state index contributed by atoms with van der Waals surface area (Å²) in [6, 6.07) is 7.80. The van der Waals surface area contributed by atoms with Crippen LogP contribution in [0.15, 0.2) is 24.3 Å². The van der Waals surface area contributed by atoms with Crippen molar-refractivity contribution in [2.75, 3.05) is 26.4 Å². The van der Waals surface area contributed by atoms with Crippen LogP contribution in [0.1, 0.15) is 44.9 Å². The smallest absolute Gasteiger partial charge is 0.119 e. The normalized spacial score (nSPS) is 17.2. The van der Waals surface area contributed by atoms with Crippen LogP contribution in [0.2, 0.25) is 5.02 Å². The highest BCUT2D eigenvalue weighted by molar-refractivity contribution is 6.30. The van der Waals surface area contributed by atoms with Gasteiger partial charge in [-0.2, -0.15) is 0 Å². The number of rotatable bonds is 9. The van der Waals surface area contributed by atoms with Crippen molar-refractivity contribution >= 4 is 24.0 Å². The molecule has 0 radical (unpaired) electrons. The monoisotopic (exact) mass is 391 g/mol. The highest BCUT2D eigenvalue weighted by Crippen LogP contribution is 2.17. The SMILES string of the molecule is Cl.O[C@H](CNC1CCCCCCC1)COCCOc1ccc(Cl)cc1. The van der Waals surface area contributed by atoms with Crippen LogP contribution in [0.3, 0.4) is 0 Å². The summed E-state index contributed by atoms with van der Waals surface area (Å²) in [5.41, 5.74) is 0. The van der Waals surface area contributed by atoms with E-state index < -0.39 is 6.10 Å². The predicted octanol–water partition coefficient (Wildman–Crippen LogP) is 4.22. The summed E-state index contributed by atoms with van der Waals surface area (Å²) < 4.78 is 11.0. The zero-order valence-electron chi connectivity index (χ0n) is 14.8. The summed E-state index contributed by atoms with van der Waals surface area (Å²) >= 11 is 5.82. The minimum Gasteiger partial charge on any atom is -0.491 e. The van der Waals surface area contributed by atoms with Crippen LogP contribution in [0.25, 0.3) is 0 Å². The molecule has 0 aromatic heterocycles. The Kier molecular flexibility index (Phi) is 12.3. The van der Waals surface area contributed by atoms with E-state index in [1.807, 2.05) is 12.1 Å². The van der Waals surface area contributed by atoms with Gasteiger partial charge in [0, 0.05) is 17.6 Å². The first-order valence-corrected chi connectivity index (χ1v) is 9.49. The Balaban J connectivity index is 0.00000312. The summed E-state index contributed by atoms with van der Waals surface area (Å²) in [7, 11) is 0. The number of aliphatic hydroxyl groups is 1. The molecule has 0 saturated heterocycles. The second kappa shape index (κ2) is 13.7. The van der Waals surface area contributed by atoms with Gasteiger partial charge in [0.2, 0.25) is 0 Å². The molecule has 6 heteroatoms. The van der Waals surface area contributed by atoms with Crippen LogP contribution < -0.4 is 10.1 Å². The number of aliphatic hydroxyl groups excluding tert-OH is 1. The summed E-state index contributed by atoms with van der Waals surface area (Å²) in [5, 5.41) is 14.2. The maximum Gasteiger partial charge on any atom is 0.119 e. The highest BCUT2D eigenvalue weighted by Gasteiger charge is 2.12. The molecule has 1 aliphatic carbocycles. The first kappa shape index (κ1) is 22.5. The summed E-state index contributed by atoms with van der Waals surface area (Å²) in [4.78, 5) is 0. The van der Waals surface area contributed by atoms with Crippen LogP contribution in [0.5, 0.6) is 5.75 Å². The number of benzene rings is 1. The molecule has 1 fully saturated rings. The van der Waals surface area contributed by atoms with Gasteiger partial charge in [-0.15, -0.1) is 12.4 Å². The number of nitrogens with one attached hydrogen (secondary N) is 1. The number of hydrogen-bond acceptors (Lipinski definition) is 4. The lowest BCUT2D eigenvalue weighted by Gasteiger charge is -2.22. The van der Waals surface area contributed by atoms with Gasteiger partial charge in [-0.05, 0) is 37.1 Å². The molecule has 2 N–H and O–H groups in total. The van der Waals surface area contributed by atoms with Gasteiger partial charge in [-0.3, -0.25) is 0 Å². The molecule has 0 bridgehead atoms. The fourth-order valence-corrected chi connectivity index (χ4v) is 3.12. The van der Waals surface area contributed by atoms with Crippen LogP contribution in [0.4, 0.5) is 0 Å². The lowest BCUT2D eigenvalue weighted by atomic mass is 9.97. The highest BCUT2D eigenvalue weighted by atomic mass is 35.5. The lowest BCUT2D eigenvalue weighted by molar-refractivity contribution is 0.0236. The van der Waals surface area contributed by atoms with E-state index in [1.54, 1.807) is 12.1 Å². The molecule has 2 rings (SSSR count). The summed E-state index contributed by atoms with van der Waals surface area (Å²) in [6.45, 7) is 1.86. The molecule has 0 spiro atoms. The molecule has 0 heterocycles. The van der Waals surface area contributed by atoms with Crippen LogP contribution >= 0.6 is 24.0 Å². The van der Waals surface area contributed by atoms with Gasteiger partial charge in [0.1, 0.15) is 12.4 Å². The van der Waals surface area contributed by atoms with E-state index in [4.69, 9.17) is 21.1 Å². The van der Waals surface area contributed by atoms with E-state index in [9.17, 15) is 5.11 Å². The van der Waals surface area contributed by atoms with Crippen LogP contribution in [-0.2, 0) is 4.74 Å². The maximum atomic E-state index is 10.0. The van der Waals surface area contributed by atoms with E-state index in [2.05, 4.69) is 5.32 Å². The third kappa shape index (κ3) is 10.3. The van der Waals surface area contributed by atoms with Gasteiger partial charge in [0.25, 0.3) is 0 Å². The van der Waals surface area contributed by atoms with E-state index in [0.717, 1.165) is 5.75 Å². The van der Waals surface area contributed by atoms with Crippen molar-refractivity contribution in [3.8, 4) is 5.75 Å². The van der Waals surface area contributed by atoms with Gasteiger partial charge < -0.3 is 19.9 Å². The van der Waals surface area contributed by atoms with Crippen molar-refractivity contribution < 1.29 is 14.6 Å². The van der Waals surface area contributed by atoms with Crippen molar-refractivity contribution in [3.63, 3.8) is 0 Å². The van der Waals surface area contributed by atoms with Gasteiger partial charge in [-0.25, -0.2) is 0 Å². The molecule has 144 valence electrons. The minimum absolute atomic E-state index is 0. The van der Waals surface area contributed by atoms with Gasteiger partial charge in [0.05, 0.1) is 19.3 Å². The average Bonchev–Trinajstić information content (AvgIpc) is 2.55. The Labute approximate surface area is 162 Å². The maximum absolute atomic E-state index is 10.0. The molecule has 1 aliphatic rings. The third-order valence-corrected chi connectivity index (χ3v) is 4.62. The molecule has 1 aromatic carbocycles.